The fraction of sp³-hybridized carbons (Fsp3) is 0.938. The lowest BCUT2D eigenvalue weighted by atomic mass is 10.1. The minimum absolute atomic E-state index is 0.0869. The normalized spacial score (nSPS) is 11.5. The summed E-state index contributed by atoms with van der Waals surface area (Å²) < 4.78 is 21.5. The van der Waals surface area contributed by atoms with Gasteiger partial charge in [-0.3, -0.25) is 4.79 Å². The van der Waals surface area contributed by atoms with E-state index in [9.17, 15) is 4.79 Å². The van der Waals surface area contributed by atoms with Gasteiger partial charge in [-0.2, -0.15) is 0 Å². The lowest BCUT2D eigenvalue weighted by molar-refractivity contribution is -0.123. The summed E-state index contributed by atoms with van der Waals surface area (Å²) in [6.45, 7) is 9.27. The van der Waals surface area contributed by atoms with Crippen LogP contribution in [-0.4, -0.2) is 84.2 Å². The zero-order valence-electron chi connectivity index (χ0n) is 14.6. The second-order valence-electron chi connectivity index (χ2n) is 5.62. The Morgan fingerprint density at radius 1 is 0.773 bits per heavy atom. The molecule has 0 radical (unpaired) electrons. The van der Waals surface area contributed by atoms with Gasteiger partial charge >= 0.3 is 0 Å². The summed E-state index contributed by atoms with van der Waals surface area (Å²) in [4.78, 5) is 13.4. The number of nitrogens with zero attached hydrogens (tertiary/aromatic N) is 1. The molecule has 6 heteroatoms. The number of hydrogen-bond acceptors (Lipinski definition) is 6. The van der Waals surface area contributed by atoms with Gasteiger partial charge in [-0.15, -0.1) is 0 Å². The Bertz CT molecular complexity index is 259. The topological polar surface area (TPSA) is 57.2 Å². The van der Waals surface area contributed by atoms with Gasteiger partial charge in [0.15, 0.2) is 0 Å². The maximum Gasteiger partial charge on any atom is 0.137 e. The Labute approximate surface area is 135 Å². The van der Waals surface area contributed by atoms with E-state index < -0.39 is 0 Å². The predicted molar refractivity (Wildman–Crippen MR) is 86.3 cm³/mol. The summed E-state index contributed by atoms with van der Waals surface area (Å²) in [7, 11) is 4.03. The van der Waals surface area contributed by atoms with Crippen molar-refractivity contribution in [2.75, 3.05) is 73.5 Å². The van der Waals surface area contributed by atoms with Crippen LogP contribution in [0.1, 0.15) is 20.3 Å². The summed E-state index contributed by atoms with van der Waals surface area (Å²) in [5, 5.41) is 0. The highest BCUT2D eigenvalue weighted by Crippen LogP contribution is 1.98. The van der Waals surface area contributed by atoms with Crippen LogP contribution in [0.3, 0.4) is 0 Å². The molecule has 0 aliphatic heterocycles. The Hall–Kier alpha value is -0.530. The van der Waals surface area contributed by atoms with Gasteiger partial charge in [-0.25, -0.2) is 0 Å². The van der Waals surface area contributed by atoms with Crippen molar-refractivity contribution < 1.29 is 23.7 Å². The van der Waals surface area contributed by atoms with Gasteiger partial charge in [0, 0.05) is 18.9 Å². The van der Waals surface area contributed by atoms with Gasteiger partial charge < -0.3 is 23.8 Å². The SMILES string of the molecule is CC(C)C(=O)CCOCCOCCOCCOCCN(C)C. The molecule has 0 fully saturated rings. The Morgan fingerprint density at radius 2 is 1.18 bits per heavy atom. The van der Waals surface area contributed by atoms with E-state index in [0.717, 1.165) is 13.2 Å². The summed E-state index contributed by atoms with van der Waals surface area (Å²) in [6, 6.07) is 0. The molecule has 0 rings (SSSR count). The molecule has 0 heterocycles. The van der Waals surface area contributed by atoms with Gasteiger partial charge in [0.05, 0.1) is 52.9 Å². The van der Waals surface area contributed by atoms with Crippen molar-refractivity contribution in [2.45, 2.75) is 20.3 Å². The molecule has 0 aromatic carbocycles. The number of ether oxygens (including phenoxy) is 4. The summed E-state index contributed by atoms with van der Waals surface area (Å²) in [5.41, 5.74) is 0. The first-order valence-corrected chi connectivity index (χ1v) is 8.02. The minimum Gasteiger partial charge on any atom is -0.379 e. The number of carbonyl (C=O) groups excluding carboxylic acids is 1. The van der Waals surface area contributed by atoms with E-state index in [1.165, 1.54) is 0 Å². The fourth-order valence-electron chi connectivity index (χ4n) is 1.47. The zero-order valence-corrected chi connectivity index (χ0v) is 14.6. The molecule has 0 saturated heterocycles. The van der Waals surface area contributed by atoms with Crippen LogP contribution in [0.15, 0.2) is 0 Å². The largest absolute Gasteiger partial charge is 0.379 e. The molecular formula is C16H33NO5. The third-order valence-corrected chi connectivity index (χ3v) is 2.94. The highest BCUT2D eigenvalue weighted by atomic mass is 16.6. The third-order valence-electron chi connectivity index (χ3n) is 2.94. The van der Waals surface area contributed by atoms with Crippen molar-refractivity contribution >= 4 is 5.78 Å². The molecule has 0 aromatic rings. The Balaban J connectivity index is 3.07. The average Bonchev–Trinajstić information content (AvgIpc) is 2.46. The van der Waals surface area contributed by atoms with Gasteiger partial charge in [0.1, 0.15) is 5.78 Å². The van der Waals surface area contributed by atoms with Gasteiger partial charge in [-0.05, 0) is 14.1 Å². The van der Waals surface area contributed by atoms with E-state index in [1.54, 1.807) is 0 Å². The lowest BCUT2D eigenvalue weighted by Crippen LogP contribution is -2.19. The van der Waals surface area contributed by atoms with Crippen LogP contribution in [0, 0.1) is 5.92 Å². The second kappa shape index (κ2) is 15.4. The molecule has 0 atom stereocenters. The monoisotopic (exact) mass is 319 g/mol. The van der Waals surface area contributed by atoms with E-state index in [2.05, 4.69) is 4.90 Å². The zero-order chi connectivity index (χ0) is 16.6. The van der Waals surface area contributed by atoms with E-state index in [1.807, 2.05) is 27.9 Å². The van der Waals surface area contributed by atoms with Crippen LogP contribution in [0.4, 0.5) is 0 Å². The first kappa shape index (κ1) is 21.5. The Morgan fingerprint density at radius 3 is 1.59 bits per heavy atom. The van der Waals surface area contributed by atoms with Gasteiger partial charge in [-0.1, -0.05) is 13.8 Å². The van der Waals surface area contributed by atoms with E-state index >= 15 is 0 Å². The van der Waals surface area contributed by atoms with Gasteiger partial charge in [0.2, 0.25) is 0 Å². The quantitative estimate of drug-likeness (QED) is 0.399. The van der Waals surface area contributed by atoms with E-state index in [-0.39, 0.29) is 11.7 Å². The number of carbonyl (C=O) groups is 1. The van der Waals surface area contributed by atoms with E-state index in [4.69, 9.17) is 18.9 Å². The molecule has 0 amide bonds. The summed E-state index contributed by atoms with van der Waals surface area (Å²) >= 11 is 0. The van der Waals surface area contributed by atoms with Crippen molar-refractivity contribution in [3.05, 3.63) is 0 Å². The number of hydrogen-bond donors (Lipinski definition) is 0. The first-order chi connectivity index (χ1) is 10.5. The average molecular weight is 319 g/mol. The molecule has 0 aliphatic rings. The van der Waals surface area contributed by atoms with Crippen LogP contribution in [0.5, 0.6) is 0 Å². The lowest BCUT2D eigenvalue weighted by Gasteiger charge is -2.10. The van der Waals surface area contributed by atoms with Crippen LogP contribution < -0.4 is 0 Å². The van der Waals surface area contributed by atoms with Crippen molar-refractivity contribution in [2.24, 2.45) is 5.92 Å². The maximum absolute atomic E-state index is 11.3. The molecular weight excluding hydrogens is 286 g/mol. The standard InChI is InChI=1S/C16H33NO5/c1-15(2)16(18)5-7-19-9-11-21-13-14-22-12-10-20-8-6-17(3)4/h15H,5-14H2,1-4H3. The van der Waals surface area contributed by atoms with Crippen LogP contribution >= 0.6 is 0 Å². The number of likely N-dealkylation sites (N-methyl/N-ethyl adjacent to an activating group) is 1. The van der Waals surface area contributed by atoms with Crippen LogP contribution in [-0.2, 0) is 23.7 Å². The molecule has 0 spiro atoms. The maximum atomic E-state index is 11.3. The van der Waals surface area contributed by atoms with Crippen molar-refractivity contribution in [3.8, 4) is 0 Å². The minimum atomic E-state index is 0.0869. The molecule has 0 saturated carbocycles. The highest BCUT2D eigenvalue weighted by Gasteiger charge is 2.05. The Kier molecular flexibility index (Phi) is 15.0. The second-order valence-corrected chi connectivity index (χ2v) is 5.62. The summed E-state index contributed by atoms with van der Waals surface area (Å²) in [6.07, 6.45) is 0.481. The molecule has 0 unspecified atom stereocenters. The van der Waals surface area contributed by atoms with Crippen LogP contribution in [0.2, 0.25) is 0 Å². The molecule has 0 N–H and O–H groups in total. The first-order valence-electron chi connectivity index (χ1n) is 8.02. The van der Waals surface area contributed by atoms with Crippen LogP contribution in [0.25, 0.3) is 0 Å². The molecule has 0 aliphatic carbocycles. The van der Waals surface area contributed by atoms with Crippen molar-refractivity contribution in [1.29, 1.82) is 0 Å². The number of rotatable bonds is 16. The third kappa shape index (κ3) is 15.9. The predicted octanol–water partition coefficient (Wildman–Crippen LogP) is 1.23. The number of Topliss-reactive ketones (excluding diaryl/α,β-unsaturated/α-hetero) is 1. The fourth-order valence-corrected chi connectivity index (χ4v) is 1.47. The van der Waals surface area contributed by atoms with Crippen molar-refractivity contribution in [3.63, 3.8) is 0 Å². The molecule has 22 heavy (non-hydrogen) atoms. The summed E-state index contributed by atoms with van der Waals surface area (Å²) in [5.74, 6) is 0.325. The highest BCUT2D eigenvalue weighted by molar-refractivity contribution is 5.80. The molecule has 6 nitrogen and oxygen atoms in total. The van der Waals surface area contributed by atoms with Gasteiger partial charge in [0.25, 0.3) is 0 Å². The smallest absolute Gasteiger partial charge is 0.137 e. The molecule has 0 aromatic heterocycles. The number of ketones is 1. The van der Waals surface area contributed by atoms with E-state index in [0.29, 0.717) is 52.7 Å². The molecule has 0 bridgehead atoms. The molecule has 132 valence electrons. The van der Waals surface area contributed by atoms with Crippen molar-refractivity contribution in [1.82, 2.24) is 4.90 Å².